The zero-order valence-corrected chi connectivity index (χ0v) is 10.2. The van der Waals surface area contributed by atoms with Crippen molar-refractivity contribution >= 4 is 16.8 Å². The average Bonchev–Trinajstić information content (AvgIpc) is 2.21. The van der Waals surface area contributed by atoms with Gasteiger partial charge in [0.1, 0.15) is 0 Å². The molecule has 0 aliphatic heterocycles. The van der Waals surface area contributed by atoms with E-state index in [2.05, 4.69) is 19.9 Å². The summed E-state index contributed by atoms with van der Waals surface area (Å²) >= 11 is 5.13. The Morgan fingerprint density at radius 1 is 1.20 bits per heavy atom. The minimum absolute atomic E-state index is 0.443. The molecule has 0 aromatic carbocycles. The quantitative estimate of drug-likeness (QED) is 0.360. The minimum atomic E-state index is -0.443. The van der Waals surface area contributed by atoms with Crippen LogP contribution in [0.3, 0.4) is 0 Å². The number of rotatable bonds is 7. The van der Waals surface area contributed by atoms with E-state index < -0.39 is 5.24 Å². The van der Waals surface area contributed by atoms with Crippen LogP contribution in [0.4, 0.5) is 0 Å². The molecule has 0 spiro atoms. The van der Waals surface area contributed by atoms with Gasteiger partial charge in [-0.05, 0) is 36.4 Å². The van der Waals surface area contributed by atoms with E-state index in [0.29, 0.717) is 5.92 Å². The van der Waals surface area contributed by atoms with Crippen LogP contribution >= 0.6 is 11.6 Å². The fraction of sp³-hybridized carbons (Fsp3) is 0.462. The van der Waals surface area contributed by atoms with Gasteiger partial charge in [0.25, 0.3) is 0 Å². The average molecular weight is 227 g/mol. The fourth-order valence-corrected chi connectivity index (χ4v) is 1.36. The third-order valence-corrected chi connectivity index (χ3v) is 2.25. The SMILES string of the molecule is CCCC(/C=C/C=C/C=C/C(=O)Cl)CC. The van der Waals surface area contributed by atoms with Crippen LogP contribution in [-0.4, -0.2) is 5.24 Å². The second-order valence-corrected chi connectivity index (χ2v) is 3.76. The molecule has 0 amide bonds. The monoisotopic (exact) mass is 226 g/mol. The second kappa shape index (κ2) is 9.72. The predicted molar refractivity (Wildman–Crippen MR) is 67.0 cm³/mol. The largest absolute Gasteiger partial charge is 0.276 e. The Bertz CT molecular complexity index is 251. The summed E-state index contributed by atoms with van der Waals surface area (Å²) < 4.78 is 0. The number of hydrogen-bond acceptors (Lipinski definition) is 1. The number of carbonyl (C=O) groups is 1. The maximum Gasteiger partial charge on any atom is 0.245 e. The highest BCUT2D eigenvalue weighted by Crippen LogP contribution is 2.11. The molecule has 0 N–H and O–H groups in total. The van der Waals surface area contributed by atoms with Crippen molar-refractivity contribution < 1.29 is 4.79 Å². The summed E-state index contributed by atoms with van der Waals surface area (Å²) in [5.74, 6) is 0.665. The van der Waals surface area contributed by atoms with E-state index in [1.165, 1.54) is 25.3 Å². The standard InChI is InChI=1S/C13H19ClO/c1-3-9-12(4-2)10-7-5-6-8-11-13(14)15/h5-8,10-12H,3-4,9H2,1-2H3/b6-5+,10-7+,11-8+. The van der Waals surface area contributed by atoms with Gasteiger partial charge in [0.15, 0.2) is 0 Å². The molecular formula is C13H19ClO. The molecule has 15 heavy (non-hydrogen) atoms. The molecule has 0 saturated carbocycles. The van der Waals surface area contributed by atoms with E-state index in [-0.39, 0.29) is 0 Å². The van der Waals surface area contributed by atoms with Crippen LogP contribution in [0.5, 0.6) is 0 Å². The summed E-state index contributed by atoms with van der Waals surface area (Å²) in [5.41, 5.74) is 0. The predicted octanol–water partition coefficient (Wildman–Crippen LogP) is 4.25. The number of allylic oxidation sites excluding steroid dienone is 6. The van der Waals surface area contributed by atoms with Gasteiger partial charge in [-0.25, -0.2) is 0 Å². The molecular weight excluding hydrogens is 208 g/mol. The zero-order valence-electron chi connectivity index (χ0n) is 9.45. The summed E-state index contributed by atoms with van der Waals surface area (Å²) in [6.07, 6.45) is 14.5. The van der Waals surface area contributed by atoms with Gasteiger partial charge in [-0.15, -0.1) is 0 Å². The third kappa shape index (κ3) is 9.48. The van der Waals surface area contributed by atoms with Crippen LogP contribution in [0, 0.1) is 5.92 Å². The van der Waals surface area contributed by atoms with Gasteiger partial charge in [-0.3, -0.25) is 4.79 Å². The first-order valence-corrected chi connectivity index (χ1v) is 5.79. The minimum Gasteiger partial charge on any atom is -0.276 e. The highest BCUT2D eigenvalue weighted by Gasteiger charge is 1.97. The first-order chi connectivity index (χ1) is 7.20. The summed E-state index contributed by atoms with van der Waals surface area (Å²) in [7, 11) is 0. The van der Waals surface area contributed by atoms with Crippen molar-refractivity contribution in [1.29, 1.82) is 0 Å². The lowest BCUT2D eigenvalue weighted by Crippen LogP contribution is -1.91. The van der Waals surface area contributed by atoms with E-state index in [0.717, 1.165) is 0 Å². The highest BCUT2D eigenvalue weighted by atomic mass is 35.5. The summed E-state index contributed by atoms with van der Waals surface area (Å²) in [6, 6.07) is 0. The van der Waals surface area contributed by atoms with Crippen LogP contribution in [0.1, 0.15) is 33.1 Å². The molecule has 2 heteroatoms. The maximum absolute atomic E-state index is 10.3. The van der Waals surface area contributed by atoms with Gasteiger partial charge in [0.2, 0.25) is 5.24 Å². The Balaban J connectivity index is 3.90. The van der Waals surface area contributed by atoms with Crippen molar-refractivity contribution in [2.75, 3.05) is 0 Å². The van der Waals surface area contributed by atoms with Gasteiger partial charge in [-0.2, -0.15) is 0 Å². The Hall–Kier alpha value is -0.820. The first-order valence-electron chi connectivity index (χ1n) is 5.41. The van der Waals surface area contributed by atoms with Crippen molar-refractivity contribution in [3.8, 4) is 0 Å². The van der Waals surface area contributed by atoms with Crippen LogP contribution < -0.4 is 0 Å². The van der Waals surface area contributed by atoms with Gasteiger partial charge in [-0.1, -0.05) is 50.6 Å². The van der Waals surface area contributed by atoms with Crippen molar-refractivity contribution in [2.24, 2.45) is 5.92 Å². The number of carbonyl (C=O) groups excluding carboxylic acids is 1. The van der Waals surface area contributed by atoms with Crippen LogP contribution in [-0.2, 0) is 4.79 Å². The molecule has 0 aliphatic carbocycles. The van der Waals surface area contributed by atoms with E-state index >= 15 is 0 Å². The second-order valence-electron chi connectivity index (χ2n) is 3.39. The summed E-state index contributed by atoms with van der Waals surface area (Å²) in [5, 5.41) is -0.443. The molecule has 0 aromatic heterocycles. The molecule has 0 saturated heterocycles. The fourth-order valence-electron chi connectivity index (χ4n) is 1.29. The maximum atomic E-state index is 10.3. The third-order valence-electron chi connectivity index (χ3n) is 2.13. The topological polar surface area (TPSA) is 17.1 Å². The van der Waals surface area contributed by atoms with Crippen molar-refractivity contribution in [2.45, 2.75) is 33.1 Å². The molecule has 0 radical (unpaired) electrons. The van der Waals surface area contributed by atoms with Crippen LogP contribution in [0.25, 0.3) is 0 Å². The van der Waals surface area contributed by atoms with Crippen LogP contribution in [0.2, 0.25) is 0 Å². The lowest BCUT2D eigenvalue weighted by molar-refractivity contribution is -0.107. The van der Waals surface area contributed by atoms with E-state index in [9.17, 15) is 4.79 Å². The molecule has 0 aromatic rings. The molecule has 1 unspecified atom stereocenters. The molecule has 0 heterocycles. The summed E-state index contributed by atoms with van der Waals surface area (Å²) in [4.78, 5) is 10.3. The van der Waals surface area contributed by atoms with Crippen molar-refractivity contribution in [3.05, 3.63) is 36.5 Å². The molecule has 0 bridgehead atoms. The Morgan fingerprint density at radius 3 is 2.40 bits per heavy atom. The molecule has 0 rings (SSSR count). The van der Waals surface area contributed by atoms with Gasteiger partial charge >= 0.3 is 0 Å². The van der Waals surface area contributed by atoms with Gasteiger partial charge in [0.05, 0.1) is 0 Å². The van der Waals surface area contributed by atoms with Crippen molar-refractivity contribution in [1.82, 2.24) is 0 Å². The number of hydrogen-bond donors (Lipinski definition) is 0. The molecule has 84 valence electrons. The summed E-state index contributed by atoms with van der Waals surface area (Å²) in [6.45, 7) is 4.39. The lowest BCUT2D eigenvalue weighted by Gasteiger charge is -2.05. The molecule has 1 atom stereocenters. The Labute approximate surface area is 97.5 Å². The number of halogens is 1. The lowest BCUT2D eigenvalue weighted by atomic mass is 10.0. The van der Waals surface area contributed by atoms with E-state index in [1.807, 2.05) is 12.2 Å². The Morgan fingerprint density at radius 2 is 1.87 bits per heavy atom. The zero-order chi connectivity index (χ0) is 11.5. The molecule has 0 aliphatic rings. The normalized spacial score (nSPS) is 14.3. The molecule has 0 fully saturated rings. The van der Waals surface area contributed by atoms with E-state index in [1.54, 1.807) is 12.2 Å². The van der Waals surface area contributed by atoms with Crippen LogP contribution in [0.15, 0.2) is 36.5 Å². The van der Waals surface area contributed by atoms with Gasteiger partial charge in [0, 0.05) is 0 Å². The van der Waals surface area contributed by atoms with Crippen molar-refractivity contribution in [3.63, 3.8) is 0 Å². The van der Waals surface area contributed by atoms with Gasteiger partial charge < -0.3 is 0 Å². The first kappa shape index (κ1) is 14.2. The van der Waals surface area contributed by atoms with E-state index in [4.69, 9.17) is 11.6 Å². The smallest absolute Gasteiger partial charge is 0.245 e. The Kier molecular flexibility index (Phi) is 9.19. The highest BCUT2D eigenvalue weighted by molar-refractivity contribution is 6.66. The molecule has 1 nitrogen and oxygen atoms in total.